The summed E-state index contributed by atoms with van der Waals surface area (Å²) in [6.45, 7) is 4.39. The van der Waals surface area contributed by atoms with Gasteiger partial charge in [0.2, 0.25) is 0 Å². The van der Waals surface area contributed by atoms with Gasteiger partial charge in [-0.05, 0) is 55.3 Å². The van der Waals surface area contributed by atoms with Crippen molar-refractivity contribution in [3.8, 4) is 0 Å². The normalized spacial score (nSPS) is 11.0. The Balaban J connectivity index is 2.15. The van der Waals surface area contributed by atoms with Crippen molar-refractivity contribution in [1.82, 2.24) is 5.32 Å². The molecule has 2 rings (SSSR count). The fourth-order valence-corrected chi connectivity index (χ4v) is 3.13. The van der Waals surface area contributed by atoms with Crippen molar-refractivity contribution in [2.45, 2.75) is 25.2 Å². The Bertz CT molecular complexity index is 766. The number of anilines is 1. The van der Waals surface area contributed by atoms with Gasteiger partial charge in [0.05, 0.1) is 4.90 Å². The number of aryl methyl sites for hydroxylation is 1. The van der Waals surface area contributed by atoms with Gasteiger partial charge in [0, 0.05) is 17.8 Å². The number of nitrogens with one attached hydrogen (secondary N) is 2. The quantitative estimate of drug-likeness (QED) is 0.854. The van der Waals surface area contributed by atoms with Crippen LogP contribution in [0.4, 0.5) is 5.69 Å². The van der Waals surface area contributed by atoms with E-state index >= 15 is 0 Å². The minimum Gasteiger partial charge on any atom is -0.352 e. The van der Waals surface area contributed by atoms with Crippen LogP contribution in [0.5, 0.6) is 0 Å². The van der Waals surface area contributed by atoms with Crippen LogP contribution in [-0.4, -0.2) is 20.9 Å². The van der Waals surface area contributed by atoms with Crippen LogP contribution in [-0.2, 0) is 16.4 Å². The third kappa shape index (κ3) is 4.32. The van der Waals surface area contributed by atoms with Crippen molar-refractivity contribution in [1.29, 1.82) is 0 Å². The second-order valence-electron chi connectivity index (χ2n) is 5.04. The molecule has 0 spiro atoms. The molecule has 0 aliphatic carbocycles. The van der Waals surface area contributed by atoms with E-state index in [9.17, 15) is 13.2 Å². The largest absolute Gasteiger partial charge is 0.352 e. The molecule has 0 saturated carbocycles. The van der Waals surface area contributed by atoms with Gasteiger partial charge in [-0.1, -0.05) is 19.1 Å². The minimum absolute atomic E-state index is 0.183. The van der Waals surface area contributed by atoms with Gasteiger partial charge in [0.1, 0.15) is 0 Å². The van der Waals surface area contributed by atoms with Crippen LogP contribution >= 0.6 is 0 Å². The number of rotatable bonds is 6. The molecule has 0 unspecified atom stereocenters. The van der Waals surface area contributed by atoms with E-state index in [1.54, 1.807) is 48.5 Å². The topological polar surface area (TPSA) is 75.3 Å². The van der Waals surface area contributed by atoms with Gasteiger partial charge in [-0.3, -0.25) is 9.52 Å². The number of carbonyl (C=O) groups is 1. The van der Waals surface area contributed by atoms with E-state index in [2.05, 4.69) is 10.0 Å². The lowest BCUT2D eigenvalue weighted by Crippen LogP contribution is -2.22. The second kappa shape index (κ2) is 7.28. The highest BCUT2D eigenvalue weighted by atomic mass is 32.2. The molecule has 0 aliphatic heterocycles. The molecule has 0 radical (unpaired) electrons. The number of hydrogen-bond donors (Lipinski definition) is 2. The molecule has 6 heteroatoms. The van der Waals surface area contributed by atoms with E-state index < -0.39 is 10.0 Å². The van der Waals surface area contributed by atoms with Gasteiger partial charge >= 0.3 is 0 Å². The number of carbonyl (C=O) groups excluding carboxylic acids is 1. The van der Waals surface area contributed by atoms with Crippen LogP contribution in [0.3, 0.4) is 0 Å². The Morgan fingerprint density at radius 2 is 1.57 bits per heavy atom. The van der Waals surface area contributed by atoms with Gasteiger partial charge in [-0.25, -0.2) is 8.42 Å². The van der Waals surface area contributed by atoms with Crippen molar-refractivity contribution in [3.63, 3.8) is 0 Å². The predicted octanol–water partition coefficient (Wildman–Crippen LogP) is 2.80. The maximum Gasteiger partial charge on any atom is 0.261 e. The van der Waals surface area contributed by atoms with Crippen molar-refractivity contribution in [2.75, 3.05) is 11.3 Å². The maximum absolute atomic E-state index is 12.3. The van der Waals surface area contributed by atoms with Gasteiger partial charge in [0.15, 0.2) is 0 Å². The average molecular weight is 332 g/mol. The van der Waals surface area contributed by atoms with Crippen molar-refractivity contribution >= 4 is 21.6 Å². The Morgan fingerprint density at radius 3 is 2.09 bits per heavy atom. The molecular formula is C17H20N2O3S. The molecular weight excluding hydrogens is 312 g/mol. The summed E-state index contributed by atoms with van der Waals surface area (Å²) in [5.74, 6) is -0.183. The summed E-state index contributed by atoms with van der Waals surface area (Å²) in [6, 6.07) is 13.1. The fraction of sp³-hybridized carbons (Fsp3) is 0.235. The third-order valence-corrected chi connectivity index (χ3v) is 4.78. The molecule has 0 heterocycles. The van der Waals surface area contributed by atoms with E-state index in [1.807, 2.05) is 13.8 Å². The lowest BCUT2D eigenvalue weighted by Gasteiger charge is -2.09. The Kier molecular flexibility index (Phi) is 5.39. The molecule has 0 bridgehead atoms. The minimum atomic E-state index is -3.63. The van der Waals surface area contributed by atoms with E-state index in [0.29, 0.717) is 17.8 Å². The van der Waals surface area contributed by atoms with Gasteiger partial charge in [0.25, 0.3) is 15.9 Å². The summed E-state index contributed by atoms with van der Waals surface area (Å²) in [6.07, 6.45) is 0.856. The summed E-state index contributed by atoms with van der Waals surface area (Å²) in [7, 11) is -3.63. The summed E-state index contributed by atoms with van der Waals surface area (Å²) >= 11 is 0. The average Bonchev–Trinajstić information content (AvgIpc) is 2.55. The van der Waals surface area contributed by atoms with Crippen LogP contribution in [0.15, 0.2) is 53.4 Å². The molecule has 0 saturated heterocycles. The monoisotopic (exact) mass is 332 g/mol. The smallest absolute Gasteiger partial charge is 0.261 e. The van der Waals surface area contributed by atoms with Crippen LogP contribution in [0.25, 0.3) is 0 Å². The molecule has 0 atom stereocenters. The van der Waals surface area contributed by atoms with Crippen LogP contribution in [0, 0.1) is 0 Å². The Labute approximate surface area is 136 Å². The SMILES string of the molecule is CCNC(=O)c1ccc(NS(=O)(=O)c2ccc(CC)cc2)cc1. The molecule has 2 N–H and O–H groups in total. The zero-order chi connectivity index (χ0) is 16.9. The zero-order valence-electron chi connectivity index (χ0n) is 13.2. The molecule has 0 aliphatic rings. The van der Waals surface area contributed by atoms with E-state index in [4.69, 9.17) is 0 Å². The van der Waals surface area contributed by atoms with E-state index in [-0.39, 0.29) is 10.8 Å². The molecule has 122 valence electrons. The van der Waals surface area contributed by atoms with Crippen LogP contribution < -0.4 is 10.0 Å². The van der Waals surface area contributed by atoms with Crippen LogP contribution in [0.1, 0.15) is 29.8 Å². The lowest BCUT2D eigenvalue weighted by molar-refractivity contribution is 0.0956. The first-order valence-electron chi connectivity index (χ1n) is 7.46. The number of amides is 1. The number of hydrogen-bond acceptors (Lipinski definition) is 3. The second-order valence-corrected chi connectivity index (χ2v) is 6.72. The molecule has 0 fully saturated rings. The maximum atomic E-state index is 12.3. The van der Waals surface area contributed by atoms with Crippen molar-refractivity contribution in [2.24, 2.45) is 0 Å². The standard InChI is InChI=1S/C17H20N2O3S/c1-3-13-5-11-16(12-6-13)23(21,22)19-15-9-7-14(8-10-15)17(20)18-4-2/h5-12,19H,3-4H2,1-2H3,(H,18,20). The van der Waals surface area contributed by atoms with E-state index in [0.717, 1.165) is 12.0 Å². The summed E-state index contributed by atoms with van der Waals surface area (Å²) < 4.78 is 27.2. The highest BCUT2D eigenvalue weighted by Crippen LogP contribution is 2.17. The van der Waals surface area contributed by atoms with Crippen LogP contribution in [0.2, 0.25) is 0 Å². The zero-order valence-corrected chi connectivity index (χ0v) is 14.0. The van der Waals surface area contributed by atoms with Crippen molar-refractivity contribution < 1.29 is 13.2 Å². The highest BCUT2D eigenvalue weighted by Gasteiger charge is 2.14. The number of sulfonamides is 1. The first-order chi connectivity index (χ1) is 11.0. The molecule has 2 aromatic rings. The van der Waals surface area contributed by atoms with Gasteiger partial charge in [-0.15, -0.1) is 0 Å². The first-order valence-corrected chi connectivity index (χ1v) is 8.94. The molecule has 5 nitrogen and oxygen atoms in total. The molecule has 0 aromatic heterocycles. The summed E-state index contributed by atoms with van der Waals surface area (Å²) in [5.41, 5.74) is 1.98. The van der Waals surface area contributed by atoms with Gasteiger partial charge < -0.3 is 5.32 Å². The molecule has 23 heavy (non-hydrogen) atoms. The highest BCUT2D eigenvalue weighted by molar-refractivity contribution is 7.92. The predicted molar refractivity (Wildman–Crippen MR) is 91.1 cm³/mol. The van der Waals surface area contributed by atoms with Crippen molar-refractivity contribution in [3.05, 3.63) is 59.7 Å². The first kappa shape index (κ1) is 17.0. The fourth-order valence-electron chi connectivity index (χ4n) is 2.07. The summed E-state index contributed by atoms with van der Waals surface area (Å²) in [5, 5.41) is 2.69. The molecule has 2 aromatic carbocycles. The Hall–Kier alpha value is -2.34. The summed E-state index contributed by atoms with van der Waals surface area (Å²) in [4.78, 5) is 11.9. The Morgan fingerprint density at radius 1 is 0.957 bits per heavy atom. The number of benzene rings is 2. The molecule has 1 amide bonds. The van der Waals surface area contributed by atoms with E-state index in [1.165, 1.54) is 0 Å². The van der Waals surface area contributed by atoms with Gasteiger partial charge in [-0.2, -0.15) is 0 Å². The lowest BCUT2D eigenvalue weighted by atomic mass is 10.2. The third-order valence-electron chi connectivity index (χ3n) is 3.38.